The number of rotatable bonds is 4. The second-order valence-corrected chi connectivity index (χ2v) is 5.61. The van der Waals surface area contributed by atoms with E-state index in [4.69, 9.17) is 11.6 Å². The molecule has 0 bridgehead atoms. The predicted octanol–water partition coefficient (Wildman–Crippen LogP) is 3.73. The first-order valence-electron chi connectivity index (χ1n) is 6.93. The van der Waals surface area contributed by atoms with E-state index in [1.165, 1.54) is 0 Å². The first-order valence-corrected chi connectivity index (χ1v) is 7.31. The zero-order chi connectivity index (χ0) is 16.1. The van der Waals surface area contributed by atoms with Crippen molar-refractivity contribution in [2.75, 3.05) is 5.32 Å². The summed E-state index contributed by atoms with van der Waals surface area (Å²) in [7, 11) is 0. The largest absolute Gasteiger partial charge is 0.350 e. The molecule has 0 atom stereocenters. The summed E-state index contributed by atoms with van der Waals surface area (Å²) in [6.07, 6.45) is 0. The van der Waals surface area contributed by atoms with Crippen LogP contribution in [0.1, 0.15) is 34.6 Å². The molecule has 0 saturated heterocycles. The van der Waals surface area contributed by atoms with Crippen LogP contribution in [0.5, 0.6) is 0 Å². The zero-order valence-electron chi connectivity index (χ0n) is 12.4. The third kappa shape index (κ3) is 4.33. The molecular formula is C17H17ClN2O2. The molecule has 2 rings (SSSR count). The number of anilines is 1. The number of nitrogens with one attached hydrogen (secondary N) is 2. The van der Waals surface area contributed by atoms with Gasteiger partial charge in [-0.1, -0.05) is 23.7 Å². The van der Waals surface area contributed by atoms with Crippen LogP contribution in [0.4, 0.5) is 5.69 Å². The summed E-state index contributed by atoms with van der Waals surface area (Å²) in [6.45, 7) is 3.78. The summed E-state index contributed by atoms with van der Waals surface area (Å²) >= 11 is 5.87. The number of carbonyl (C=O) groups excluding carboxylic acids is 2. The molecule has 0 aliphatic carbocycles. The summed E-state index contributed by atoms with van der Waals surface area (Å²) in [5, 5.41) is 6.06. The normalized spacial score (nSPS) is 10.4. The lowest BCUT2D eigenvalue weighted by Crippen LogP contribution is -2.30. The maximum atomic E-state index is 12.2. The smallest absolute Gasteiger partial charge is 0.255 e. The van der Waals surface area contributed by atoms with E-state index < -0.39 is 0 Å². The van der Waals surface area contributed by atoms with Crippen molar-refractivity contribution in [2.24, 2.45) is 0 Å². The number of hydrogen-bond donors (Lipinski definition) is 2. The fourth-order valence-corrected chi connectivity index (χ4v) is 2.11. The Hall–Kier alpha value is -2.33. The van der Waals surface area contributed by atoms with Gasteiger partial charge in [-0.3, -0.25) is 9.59 Å². The maximum absolute atomic E-state index is 12.2. The lowest BCUT2D eigenvalue weighted by Gasteiger charge is -2.10. The van der Waals surface area contributed by atoms with E-state index in [-0.39, 0.29) is 17.9 Å². The van der Waals surface area contributed by atoms with Gasteiger partial charge in [0.15, 0.2) is 0 Å². The third-order valence-electron chi connectivity index (χ3n) is 2.89. The summed E-state index contributed by atoms with van der Waals surface area (Å²) < 4.78 is 0. The highest BCUT2D eigenvalue weighted by molar-refractivity contribution is 6.31. The molecule has 0 aromatic heterocycles. The Morgan fingerprint density at radius 1 is 0.955 bits per heavy atom. The fraction of sp³-hybridized carbons (Fsp3) is 0.176. The molecule has 0 aliphatic heterocycles. The van der Waals surface area contributed by atoms with Crippen LogP contribution in [0, 0.1) is 0 Å². The molecule has 2 aromatic carbocycles. The lowest BCUT2D eigenvalue weighted by atomic mass is 10.1. The minimum atomic E-state index is -0.274. The number of hydrogen-bond acceptors (Lipinski definition) is 2. The summed E-state index contributed by atoms with van der Waals surface area (Å²) in [4.78, 5) is 24.1. The first-order chi connectivity index (χ1) is 10.5. The van der Waals surface area contributed by atoms with Crippen LogP contribution < -0.4 is 10.6 Å². The molecule has 4 nitrogen and oxygen atoms in total. The van der Waals surface area contributed by atoms with Crippen LogP contribution >= 0.6 is 11.6 Å². The maximum Gasteiger partial charge on any atom is 0.255 e. The van der Waals surface area contributed by atoms with Crippen LogP contribution in [0.3, 0.4) is 0 Å². The molecule has 0 radical (unpaired) electrons. The van der Waals surface area contributed by atoms with Gasteiger partial charge in [0.2, 0.25) is 0 Å². The zero-order valence-corrected chi connectivity index (χ0v) is 13.1. The molecule has 0 saturated carbocycles. The first kappa shape index (κ1) is 16.0. The monoisotopic (exact) mass is 316 g/mol. The summed E-state index contributed by atoms with van der Waals surface area (Å²) in [5.74, 6) is -0.447. The Bertz CT molecular complexity index is 699. The molecule has 114 valence electrons. The number of amides is 2. The predicted molar refractivity (Wildman–Crippen MR) is 88.4 cm³/mol. The lowest BCUT2D eigenvalue weighted by molar-refractivity contribution is 0.0942. The van der Waals surface area contributed by atoms with Gasteiger partial charge in [0.1, 0.15) is 0 Å². The van der Waals surface area contributed by atoms with E-state index in [9.17, 15) is 9.59 Å². The van der Waals surface area contributed by atoms with Gasteiger partial charge in [-0.15, -0.1) is 0 Å². The van der Waals surface area contributed by atoms with Crippen molar-refractivity contribution in [3.05, 3.63) is 64.7 Å². The van der Waals surface area contributed by atoms with Crippen molar-refractivity contribution in [1.82, 2.24) is 5.32 Å². The molecular weight excluding hydrogens is 300 g/mol. The molecule has 0 spiro atoms. The Morgan fingerprint density at radius 3 is 2.23 bits per heavy atom. The summed E-state index contributed by atoms with van der Waals surface area (Å²) in [5.41, 5.74) is 1.52. The Balaban J connectivity index is 2.13. The SMILES string of the molecule is CC(C)NC(=O)c1cccc(NC(=O)c2cccc(Cl)c2)c1. The van der Waals surface area contributed by atoms with Gasteiger partial charge in [0.25, 0.3) is 11.8 Å². The Morgan fingerprint density at radius 2 is 1.59 bits per heavy atom. The van der Waals surface area contributed by atoms with Gasteiger partial charge >= 0.3 is 0 Å². The van der Waals surface area contributed by atoms with Gasteiger partial charge in [-0.05, 0) is 50.2 Å². The van der Waals surface area contributed by atoms with Crippen molar-refractivity contribution < 1.29 is 9.59 Å². The number of halogens is 1. The van der Waals surface area contributed by atoms with Crippen molar-refractivity contribution in [2.45, 2.75) is 19.9 Å². The topological polar surface area (TPSA) is 58.2 Å². The van der Waals surface area contributed by atoms with E-state index in [1.54, 1.807) is 48.5 Å². The number of benzene rings is 2. The van der Waals surface area contributed by atoms with Crippen LogP contribution in [-0.4, -0.2) is 17.9 Å². The minimum Gasteiger partial charge on any atom is -0.350 e. The quantitative estimate of drug-likeness (QED) is 0.903. The molecule has 2 amide bonds. The van der Waals surface area contributed by atoms with Crippen molar-refractivity contribution >= 4 is 29.1 Å². The molecule has 0 aliphatic rings. The number of carbonyl (C=O) groups is 2. The average molecular weight is 317 g/mol. The van der Waals surface area contributed by atoms with Crippen LogP contribution in [-0.2, 0) is 0 Å². The van der Waals surface area contributed by atoms with Crippen molar-refractivity contribution in [3.8, 4) is 0 Å². The minimum absolute atomic E-state index is 0.0530. The van der Waals surface area contributed by atoms with Gasteiger partial charge in [-0.2, -0.15) is 0 Å². The van der Waals surface area contributed by atoms with Crippen LogP contribution in [0.15, 0.2) is 48.5 Å². The molecule has 0 fully saturated rings. The third-order valence-corrected chi connectivity index (χ3v) is 3.12. The van der Waals surface area contributed by atoms with Crippen molar-refractivity contribution in [3.63, 3.8) is 0 Å². The summed E-state index contributed by atoms with van der Waals surface area (Å²) in [6, 6.07) is 13.5. The highest BCUT2D eigenvalue weighted by Gasteiger charge is 2.10. The average Bonchev–Trinajstić information content (AvgIpc) is 2.47. The van der Waals surface area contributed by atoms with E-state index in [0.29, 0.717) is 21.8 Å². The van der Waals surface area contributed by atoms with Crippen LogP contribution in [0.2, 0.25) is 5.02 Å². The van der Waals surface area contributed by atoms with E-state index in [1.807, 2.05) is 13.8 Å². The van der Waals surface area contributed by atoms with E-state index >= 15 is 0 Å². The molecule has 2 N–H and O–H groups in total. The van der Waals surface area contributed by atoms with Crippen LogP contribution in [0.25, 0.3) is 0 Å². The van der Waals surface area contributed by atoms with E-state index in [2.05, 4.69) is 10.6 Å². The highest BCUT2D eigenvalue weighted by atomic mass is 35.5. The standard InChI is InChI=1S/C17H17ClN2O2/c1-11(2)19-16(21)13-6-4-8-15(10-13)20-17(22)12-5-3-7-14(18)9-12/h3-11H,1-2H3,(H,19,21)(H,20,22). The fourth-order valence-electron chi connectivity index (χ4n) is 1.92. The molecule has 0 heterocycles. The Labute approximate surface area is 134 Å². The molecule has 5 heteroatoms. The van der Waals surface area contributed by atoms with Gasteiger partial charge in [-0.25, -0.2) is 0 Å². The van der Waals surface area contributed by atoms with Gasteiger partial charge in [0, 0.05) is 27.9 Å². The molecule has 2 aromatic rings. The highest BCUT2D eigenvalue weighted by Crippen LogP contribution is 2.15. The second kappa shape index (κ2) is 7.09. The van der Waals surface area contributed by atoms with E-state index in [0.717, 1.165) is 0 Å². The van der Waals surface area contributed by atoms with Crippen molar-refractivity contribution in [1.29, 1.82) is 0 Å². The van der Waals surface area contributed by atoms with Gasteiger partial charge < -0.3 is 10.6 Å². The molecule has 0 unspecified atom stereocenters. The molecule has 22 heavy (non-hydrogen) atoms. The van der Waals surface area contributed by atoms with Gasteiger partial charge in [0.05, 0.1) is 0 Å². The Kier molecular flexibility index (Phi) is 5.17. The second-order valence-electron chi connectivity index (χ2n) is 5.17.